The molecule has 4 rings (SSSR count). The van der Waals surface area contributed by atoms with Gasteiger partial charge >= 0.3 is 0 Å². The number of carbonyl (C=O) groups excluding carboxylic acids is 2. The highest BCUT2D eigenvalue weighted by Gasteiger charge is 2.36. The third-order valence-electron chi connectivity index (χ3n) is 5.40. The molecule has 25 heavy (non-hydrogen) atoms. The van der Waals surface area contributed by atoms with Gasteiger partial charge in [-0.1, -0.05) is 12.1 Å². The van der Waals surface area contributed by atoms with Gasteiger partial charge in [-0.3, -0.25) is 9.59 Å². The average Bonchev–Trinajstić information content (AvgIpc) is 3.28. The average molecular weight is 341 g/mol. The second-order valence-corrected chi connectivity index (χ2v) is 7.15. The van der Waals surface area contributed by atoms with Crippen molar-refractivity contribution in [2.75, 3.05) is 19.6 Å². The van der Waals surface area contributed by atoms with Crippen molar-refractivity contribution in [1.82, 2.24) is 15.2 Å². The van der Waals surface area contributed by atoms with Crippen LogP contribution in [0.15, 0.2) is 28.7 Å². The quantitative estimate of drug-likeness (QED) is 0.925. The minimum absolute atomic E-state index is 0.0356. The highest BCUT2D eigenvalue weighted by atomic mass is 16.3. The number of amides is 1. The molecule has 3 unspecified atom stereocenters. The molecule has 2 fully saturated rings. The predicted molar refractivity (Wildman–Crippen MR) is 93.1 cm³/mol. The predicted octanol–water partition coefficient (Wildman–Crippen LogP) is 2.10. The summed E-state index contributed by atoms with van der Waals surface area (Å²) in [4.78, 5) is 30.8. The van der Waals surface area contributed by atoms with Crippen LogP contribution in [0.1, 0.15) is 38.0 Å². The topological polar surface area (TPSA) is 75.4 Å². The van der Waals surface area contributed by atoms with Crippen LogP contribution >= 0.6 is 0 Å². The van der Waals surface area contributed by atoms with Crippen LogP contribution in [0.5, 0.6) is 0 Å². The van der Waals surface area contributed by atoms with Crippen molar-refractivity contribution in [2.24, 2.45) is 5.92 Å². The van der Waals surface area contributed by atoms with Gasteiger partial charge in [-0.2, -0.15) is 0 Å². The molecule has 3 heterocycles. The second-order valence-electron chi connectivity index (χ2n) is 7.15. The molecule has 2 aliphatic rings. The number of oxazole rings is 1. The zero-order valence-electron chi connectivity index (χ0n) is 14.4. The van der Waals surface area contributed by atoms with Crippen LogP contribution in [0.4, 0.5) is 0 Å². The molecule has 0 spiro atoms. The maximum absolute atomic E-state index is 12.8. The lowest BCUT2D eigenvalue weighted by Crippen LogP contribution is -2.47. The monoisotopic (exact) mass is 341 g/mol. The molecule has 2 aromatic rings. The molecule has 2 saturated heterocycles. The van der Waals surface area contributed by atoms with Crippen molar-refractivity contribution in [2.45, 2.75) is 38.1 Å². The van der Waals surface area contributed by atoms with E-state index < -0.39 is 0 Å². The number of benzene rings is 1. The zero-order valence-corrected chi connectivity index (χ0v) is 14.4. The van der Waals surface area contributed by atoms with Crippen LogP contribution in [-0.4, -0.2) is 47.3 Å². The fourth-order valence-corrected chi connectivity index (χ4v) is 3.90. The summed E-state index contributed by atoms with van der Waals surface area (Å²) >= 11 is 0. The third-order valence-corrected chi connectivity index (χ3v) is 5.40. The van der Waals surface area contributed by atoms with Crippen molar-refractivity contribution in [3.8, 4) is 0 Å². The molecular weight excluding hydrogens is 318 g/mol. The number of Topliss-reactive ketones (excluding diaryl/α,β-unsaturated/α-hetero) is 1. The Balaban J connectivity index is 1.45. The molecule has 132 valence electrons. The van der Waals surface area contributed by atoms with Gasteiger partial charge in [0.25, 0.3) is 0 Å². The minimum Gasteiger partial charge on any atom is -0.440 e. The van der Waals surface area contributed by atoms with E-state index in [2.05, 4.69) is 10.3 Å². The van der Waals surface area contributed by atoms with Crippen molar-refractivity contribution in [1.29, 1.82) is 0 Å². The molecule has 0 saturated carbocycles. The van der Waals surface area contributed by atoms with Crippen LogP contribution < -0.4 is 5.32 Å². The molecule has 6 nitrogen and oxygen atoms in total. The molecular formula is C19H23N3O3. The fourth-order valence-electron chi connectivity index (χ4n) is 3.90. The first-order valence-electron chi connectivity index (χ1n) is 9.00. The Labute approximate surface area is 146 Å². The van der Waals surface area contributed by atoms with Gasteiger partial charge in [-0.15, -0.1) is 0 Å². The Morgan fingerprint density at radius 1 is 1.32 bits per heavy atom. The maximum Gasteiger partial charge on any atom is 0.239 e. The lowest BCUT2D eigenvalue weighted by Gasteiger charge is -2.33. The molecule has 0 aliphatic carbocycles. The second kappa shape index (κ2) is 6.59. The van der Waals surface area contributed by atoms with E-state index in [0.717, 1.165) is 36.4 Å². The summed E-state index contributed by atoms with van der Waals surface area (Å²) in [6.07, 6.45) is 2.53. The van der Waals surface area contributed by atoms with Crippen molar-refractivity contribution in [3.63, 3.8) is 0 Å². The molecule has 3 atom stereocenters. The lowest BCUT2D eigenvalue weighted by molar-refractivity contribution is -0.134. The van der Waals surface area contributed by atoms with E-state index >= 15 is 0 Å². The van der Waals surface area contributed by atoms with E-state index in [4.69, 9.17) is 4.42 Å². The van der Waals surface area contributed by atoms with Crippen LogP contribution in [-0.2, 0) is 9.59 Å². The molecule has 0 radical (unpaired) electrons. The highest BCUT2D eigenvalue weighted by Crippen LogP contribution is 2.30. The summed E-state index contributed by atoms with van der Waals surface area (Å²) in [6, 6.07) is 7.50. The molecule has 1 amide bonds. The third kappa shape index (κ3) is 3.18. The van der Waals surface area contributed by atoms with E-state index in [1.807, 2.05) is 29.2 Å². The number of hydrogen-bond donors (Lipinski definition) is 1. The number of nitrogens with zero attached hydrogens (tertiary/aromatic N) is 2. The number of likely N-dealkylation sites (tertiary alicyclic amines) is 1. The lowest BCUT2D eigenvalue weighted by atomic mass is 9.96. The van der Waals surface area contributed by atoms with E-state index in [1.54, 1.807) is 6.92 Å². The largest absolute Gasteiger partial charge is 0.440 e. The minimum atomic E-state index is -0.240. The summed E-state index contributed by atoms with van der Waals surface area (Å²) in [5.74, 6) is 1.08. The first kappa shape index (κ1) is 16.3. The van der Waals surface area contributed by atoms with Gasteiger partial charge in [0.15, 0.2) is 11.5 Å². The molecule has 1 aromatic carbocycles. The van der Waals surface area contributed by atoms with Crippen molar-refractivity contribution in [3.05, 3.63) is 30.2 Å². The van der Waals surface area contributed by atoms with Crippen LogP contribution in [0.25, 0.3) is 11.1 Å². The van der Waals surface area contributed by atoms with Crippen LogP contribution in [0, 0.1) is 5.92 Å². The summed E-state index contributed by atoms with van der Waals surface area (Å²) in [7, 11) is 0. The number of nitrogens with one attached hydrogen (secondary N) is 1. The first-order chi connectivity index (χ1) is 12.1. The van der Waals surface area contributed by atoms with Crippen molar-refractivity contribution < 1.29 is 14.0 Å². The van der Waals surface area contributed by atoms with E-state index in [1.165, 1.54) is 0 Å². The summed E-state index contributed by atoms with van der Waals surface area (Å²) < 4.78 is 5.90. The SMILES string of the molecule is CC(=O)C1CNC(C(=O)N2CCCC(c3nc4ccccc4o3)C2)C1. The van der Waals surface area contributed by atoms with Gasteiger partial charge in [0.2, 0.25) is 5.91 Å². The summed E-state index contributed by atoms with van der Waals surface area (Å²) in [5, 5.41) is 3.21. The Morgan fingerprint density at radius 3 is 2.92 bits per heavy atom. The highest BCUT2D eigenvalue weighted by molar-refractivity contribution is 5.85. The molecule has 2 aliphatic heterocycles. The van der Waals surface area contributed by atoms with E-state index in [0.29, 0.717) is 19.5 Å². The van der Waals surface area contributed by atoms with Gasteiger partial charge in [0, 0.05) is 25.6 Å². The Kier molecular flexibility index (Phi) is 4.29. The zero-order chi connectivity index (χ0) is 17.4. The van der Waals surface area contributed by atoms with E-state index in [-0.39, 0.29) is 29.6 Å². The molecule has 1 N–H and O–H groups in total. The maximum atomic E-state index is 12.8. The van der Waals surface area contributed by atoms with Gasteiger partial charge < -0.3 is 14.6 Å². The molecule has 6 heteroatoms. The molecule has 0 bridgehead atoms. The van der Waals surface area contributed by atoms with Gasteiger partial charge in [0.1, 0.15) is 11.3 Å². The van der Waals surface area contributed by atoms with E-state index in [9.17, 15) is 9.59 Å². The normalized spacial score (nSPS) is 26.9. The summed E-state index contributed by atoms with van der Waals surface area (Å²) in [5.41, 5.74) is 1.66. The first-order valence-corrected chi connectivity index (χ1v) is 9.00. The Hall–Kier alpha value is -2.21. The number of hydrogen-bond acceptors (Lipinski definition) is 5. The fraction of sp³-hybridized carbons (Fsp3) is 0.526. The van der Waals surface area contributed by atoms with Crippen LogP contribution in [0.2, 0.25) is 0 Å². The number of carbonyl (C=O) groups is 2. The molecule has 1 aromatic heterocycles. The van der Waals surface area contributed by atoms with Gasteiger partial charge in [-0.25, -0.2) is 4.98 Å². The van der Waals surface area contributed by atoms with Gasteiger partial charge in [0.05, 0.1) is 12.0 Å². The summed E-state index contributed by atoms with van der Waals surface area (Å²) in [6.45, 7) is 3.60. The number of para-hydroxylation sites is 2. The number of piperidine rings is 1. The number of aromatic nitrogens is 1. The number of fused-ring (bicyclic) bond motifs is 1. The Morgan fingerprint density at radius 2 is 2.16 bits per heavy atom. The number of ketones is 1. The Bertz CT molecular complexity index is 767. The van der Waals surface area contributed by atoms with Crippen molar-refractivity contribution >= 4 is 22.8 Å². The van der Waals surface area contributed by atoms with Crippen LogP contribution in [0.3, 0.4) is 0 Å². The smallest absolute Gasteiger partial charge is 0.239 e. The standard InChI is InChI=1S/C19H23N3O3/c1-12(23)14-9-16(20-10-14)19(24)22-8-4-5-13(11-22)18-21-15-6-2-3-7-17(15)25-18/h2-3,6-7,13-14,16,20H,4-5,8-11H2,1H3. The van der Waals surface area contributed by atoms with Gasteiger partial charge in [-0.05, 0) is 38.3 Å². The number of rotatable bonds is 3.